The van der Waals surface area contributed by atoms with Crippen LogP contribution >= 0.6 is 11.6 Å². The highest BCUT2D eigenvalue weighted by Crippen LogP contribution is 2.24. The maximum absolute atomic E-state index is 12.6. The molecule has 0 heterocycles. The van der Waals surface area contributed by atoms with Crippen LogP contribution in [0.25, 0.3) is 11.1 Å². The summed E-state index contributed by atoms with van der Waals surface area (Å²) in [5.74, 6) is -0.833. The van der Waals surface area contributed by atoms with Crippen molar-refractivity contribution in [3.8, 4) is 11.1 Å². The summed E-state index contributed by atoms with van der Waals surface area (Å²) in [5.41, 5.74) is 2.65. The highest BCUT2D eigenvalue weighted by Gasteiger charge is 2.36. The van der Waals surface area contributed by atoms with Gasteiger partial charge >= 0.3 is 5.97 Å². The van der Waals surface area contributed by atoms with Crippen molar-refractivity contribution in [3.05, 3.63) is 58.6 Å². The summed E-state index contributed by atoms with van der Waals surface area (Å²) < 4.78 is 9.85. The fraction of sp³-hybridized carbons (Fsp3) is 0.333. The van der Waals surface area contributed by atoms with E-state index in [9.17, 15) is 9.59 Å². The maximum Gasteiger partial charge on any atom is 0.333 e. The van der Waals surface area contributed by atoms with Crippen molar-refractivity contribution >= 4 is 23.5 Å². The van der Waals surface area contributed by atoms with Crippen molar-refractivity contribution in [2.45, 2.75) is 25.8 Å². The predicted molar refractivity (Wildman–Crippen MR) is 106 cm³/mol. The Morgan fingerprint density at radius 3 is 2.30 bits per heavy atom. The van der Waals surface area contributed by atoms with Crippen LogP contribution in [0.5, 0.6) is 0 Å². The number of ether oxygens (including phenoxy) is 2. The van der Waals surface area contributed by atoms with E-state index in [1.165, 1.54) is 14.2 Å². The van der Waals surface area contributed by atoms with E-state index in [0.717, 1.165) is 22.3 Å². The molecular weight excluding hydrogens is 366 g/mol. The molecule has 0 bridgehead atoms. The molecule has 1 unspecified atom stereocenters. The zero-order valence-corrected chi connectivity index (χ0v) is 16.7. The van der Waals surface area contributed by atoms with Gasteiger partial charge in [-0.1, -0.05) is 41.9 Å². The highest BCUT2D eigenvalue weighted by molar-refractivity contribution is 6.30. The topological polar surface area (TPSA) is 64.6 Å². The molecule has 0 fully saturated rings. The number of amides is 1. The summed E-state index contributed by atoms with van der Waals surface area (Å²) >= 11 is 5.95. The Morgan fingerprint density at radius 2 is 1.70 bits per heavy atom. The quantitative estimate of drug-likeness (QED) is 0.735. The van der Waals surface area contributed by atoms with Gasteiger partial charge in [-0.15, -0.1) is 0 Å². The van der Waals surface area contributed by atoms with Gasteiger partial charge in [-0.05, 0) is 48.2 Å². The number of nitrogens with one attached hydrogen (secondary N) is 1. The number of aryl methyl sites for hydroxylation is 1. The lowest BCUT2D eigenvalue weighted by molar-refractivity contribution is -0.152. The van der Waals surface area contributed by atoms with Crippen LogP contribution in [0.2, 0.25) is 5.02 Å². The predicted octanol–water partition coefficient (Wildman–Crippen LogP) is 3.55. The largest absolute Gasteiger partial charge is 0.467 e. The average Bonchev–Trinajstić information content (AvgIpc) is 2.63. The summed E-state index contributed by atoms with van der Waals surface area (Å²) in [6, 6.07) is 13.5. The molecule has 144 valence electrons. The van der Waals surface area contributed by atoms with Crippen LogP contribution in [-0.2, 0) is 25.5 Å². The van der Waals surface area contributed by atoms with Crippen molar-refractivity contribution in [1.82, 2.24) is 5.32 Å². The van der Waals surface area contributed by atoms with E-state index in [-0.39, 0.29) is 18.9 Å². The zero-order chi connectivity index (χ0) is 20.0. The lowest BCUT2D eigenvalue weighted by Crippen LogP contribution is -2.56. The van der Waals surface area contributed by atoms with E-state index in [4.69, 9.17) is 21.1 Å². The molecule has 0 saturated heterocycles. The number of carbonyl (C=O) groups excluding carboxylic acids is 2. The number of hydrogen-bond acceptors (Lipinski definition) is 4. The first-order valence-corrected chi connectivity index (χ1v) is 8.90. The molecule has 2 aromatic rings. The lowest BCUT2D eigenvalue weighted by Gasteiger charge is -2.27. The second-order valence-electron chi connectivity index (χ2n) is 6.63. The summed E-state index contributed by atoms with van der Waals surface area (Å²) in [7, 11) is 2.75. The third-order valence-corrected chi connectivity index (χ3v) is 4.61. The van der Waals surface area contributed by atoms with E-state index >= 15 is 0 Å². The van der Waals surface area contributed by atoms with Gasteiger partial charge in [0.15, 0.2) is 5.54 Å². The molecule has 2 rings (SSSR count). The zero-order valence-electron chi connectivity index (χ0n) is 16.0. The second kappa shape index (κ2) is 9.02. The molecule has 0 aliphatic heterocycles. The highest BCUT2D eigenvalue weighted by atomic mass is 35.5. The van der Waals surface area contributed by atoms with E-state index in [0.29, 0.717) is 5.02 Å². The first-order valence-electron chi connectivity index (χ1n) is 8.53. The summed E-state index contributed by atoms with van der Waals surface area (Å²) in [6.07, 6.45) is 0.142. The number of halogens is 1. The second-order valence-corrected chi connectivity index (χ2v) is 7.07. The Labute approximate surface area is 164 Å². The van der Waals surface area contributed by atoms with Crippen LogP contribution in [0.1, 0.15) is 18.1 Å². The smallest absolute Gasteiger partial charge is 0.333 e. The Morgan fingerprint density at radius 1 is 1.07 bits per heavy atom. The van der Waals surface area contributed by atoms with Crippen molar-refractivity contribution in [2.24, 2.45) is 0 Å². The Kier molecular flexibility index (Phi) is 6.99. The number of rotatable bonds is 7. The third-order valence-electron chi connectivity index (χ3n) is 4.36. The van der Waals surface area contributed by atoms with Crippen molar-refractivity contribution in [3.63, 3.8) is 0 Å². The van der Waals surface area contributed by atoms with E-state index in [2.05, 4.69) is 5.32 Å². The number of carbonyl (C=O) groups is 2. The summed E-state index contributed by atoms with van der Waals surface area (Å²) in [6.45, 7) is 3.55. The SMILES string of the molecule is COCC(C)(NC(=O)Cc1cc(-c2ccc(Cl)cc2)ccc1C)C(=O)OC. The molecule has 5 nitrogen and oxygen atoms in total. The standard InChI is InChI=1S/C21H24ClNO4/c1-14-5-6-16(15-7-9-18(22)10-8-15)11-17(14)12-19(24)23-21(2,13-26-3)20(25)27-4/h5-11H,12-13H2,1-4H3,(H,23,24). The monoisotopic (exact) mass is 389 g/mol. The molecule has 6 heteroatoms. The first-order chi connectivity index (χ1) is 12.8. The lowest BCUT2D eigenvalue weighted by atomic mass is 9.97. The molecule has 0 spiro atoms. The number of benzene rings is 2. The molecule has 0 aromatic heterocycles. The first kappa shape index (κ1) is 20.9. The van der Waals surface area contributed by atoms with Crippen molar-refractivity contribution in [1.29, 1.82) is 0 Å². The van der Waals surface area contributed by atoms with Gasteiger partial charge in [-0.25, -0.2) is 4.79 Å². The molecule has 1 N–H and O–H groups in total. The maximum atomic E-state index is 12.6. The minimum absolute atomic E-state index is 0.0230. The fourth-order valence-corrected chi connectivity index (χ4v) is 2.99. The molecule has 0 radical (unpaired) electrons. The van der Waals surface area contributed by atoms with Crippen molar-refractivity contribution in [2.75, 3.05) is 20.8 Å². The van der Waals surface area contributed by atoms with Gasteiger partial charge in [0.05, 0.1) is 20.1 Å². The van der Waals surface area contributed by atoms with Gasteiger partial charge in [0.1, 0.15) is 0 Å². The number of hydrogen-bond donors (Lipinski definition) is 1. The van der Waals surface area contributed by atoms with Gasteiger partial charge in [-0.3, -0.25) is 4.79 Å². The van der Waals surface area contributed by atoms with Gasteiger partial charge in [0.25, 0.3) is 0 Å². The molecule has 2 aromatic carbocycles. The Hall–Kier alpha value is -2.37. The van der Waals surface area contributed by atoms with Crippen LogP contribution in [0.4, 0.5) is 0 Å². The average molecular weight is 390 g/mol. The number of methoxy groups -OCH3 is 2. The molecular formula is C21H24ClNO4. The van der Waals surface area contributed by atoms with Gasteiger partial charge in [0.2, 0.25) is 5.91 Å². The van der Waals surface area contributed by atoms with Gasteiger partial charge in [-0.2, -0.15) is 0 Å². The minimum Gasteiger partial charge on any atom is -0.467 e. The molecule has 27 heavy (non-hydrogen) atoms. The van der Waals surface area contributed by atoms with Crippen LogP contribution in [0.3, 0.4) is 0 Å². The fourth-order valence-electron chi connectivity index (χ4n) is 2.87. The molecule has 0 aliphatic rings. The Balaban J connectivity index is 2.20. The minimum atomic E-state index is -1.23. The van der Waals surface area contributed by atoms with Gasteiger partial charge < -0.3 is 14.8 Å². The Bertz CT molecular complexity index is 819. The summed E-state index contributed by atoms with van der Waals surface area (Å²) in [4.78, 5) is 24.6. The van der Waals surface area contributed by atoms with Crippen LogP contribution < -0.4 is 5.32 Å². The van der Waals surface area contributed by atoms with Crippen LogP contribution in [0, 0.1) is 6.92 Å². The van der Waals surface area contributed by atoms with E-state index in [1.807, 2.05) is 49.4 Å². The molecule has 1 amide bonds. The van der Waals surface area contributed by atoms with Crippen LogP contribution in [-0.4, -0.2) is 38.2 Å². The molecule has 0 aliphatic carbocycles. The third kappa shape index (κ3) is 5.31. The van der Waals surface area contributed by atoms with Gasteiger partial charge in [0, 0.05) is 12.1 Å². The summed E-state index contributed by atoms with van der Waals surface area (Å²) in [5, 5.41) is 3.40. The van der Waals surface area contributed by atoms with E-state index in [1.54, 1.807) is 6.92 Å². The van der Waals surface area contributed by atoms with Crippen LogP contribution in [0.15, 0.2) is 42.5 Å². The van der Waals surface area contributed by atoms with E-state index < -0.39 is 11.5 Å². The van der Waals surface area contributed by atoms with Crippen molar-refractivity contribution < 1.29 is 19.1 Å². The molecule has 1 atom stereocenters. The molecule has 0 saturated carbocycles. The number of esters is 1. The normalized spacial score (nSPS) is 12.9.